The van der Waals surface area contributed by atoms with Gasteiger partial charge in [-0.2, -0.15) is 0 Å². The number of pyridine rings is 1. The van der Waals surface area contributed by atoms with E-state index in [4.69, 9.17) is 11.6 Å². The van der Waals surface area contributed by atoms with Crippen molar-refractivity contribution in [1.82, 2.24) is 4.98 Å². The Morgan fingerprint density at radius 1 is 1.62 bits per heavy atom. The third kappa shape index (κ3) is 2.73. The lowest BCUT2D eigenvalue weighted by atomic mass is 10.3. The Balaban J connectivity index is 3.25. The molecule has 0 radical (unpaired) electrons. The van der Waals surface area contributed by atoms with Crippen LogP contribution in [0.4, 0.5) is 8.78 Å². The molecular weight excluding hydrogens is 378 g/mol. The molecule has 0 aliphatic heterocycles. The van der Waals surface area contributed by atoms with Gasteiger partial charge in [-0.05, 0) is 44.6 Å². The highest BCUT2D eigenvalue weighted by atomic mass is 127. The van der Waals surface area contributed by atoms with Gasteiger partial charge in [0.05, 0.1) is 15.1 Å². The Hall–Kier alpha value is 0.510. The highest BCUT2D eigenvalue weighted by Gasteiger charge is 2.16. The molecule has 0 N–H and O–H groups in total. The van der Waals surface area contributed by atoms with E-state index in [1.165, 1.54) is 0 Å². The minimum atomic E-state index is -2.56. The highest BCUT2D eigenvalue weighted by Crippen LogP contribution is 2.29. The van der Waals surface area contributed by atoms with E-state index < -0.39 is 6.43 Å². The fourth-order valence-electron chi connectivity index (χ4n) is 0.781. The van der Waals surface area contributed by atoms with Gasteiger partial charge in [-0.3, -0.25) is 0 Å². The second kappa shape index (κ2) is 4.84. The number of hydrogen-bond acceptors (Lipinski definition) is 1. The molecule has 1 aromatic heterocycles. The first kappa shape index (κ1) is 11.6. The molecule has 1 nitrogen and oxygen atoms in total. The number of rotatable bonds is 2. The third-order valence-corrected chi connectivity index (χ3v) is 4.11. The van der Waals surface area contributed by atoms with Crippen LogP contribution in [0.15, 0.2) is 10.5 Å². The van der Waals surface area contributed by atoms with Crippen molar-refractivity contribution in [2.24, 2.45) is 0 Å². The normalized spacial score (nSPS) is 10.9. The summed E-state index contributed by atoms with van der Waals surface area (Å²) in [5.74, 6) is 0.134. The zero-order chi connectivity index (χ0) is 10.0. The van der Waals surface area contributed by atoms with Gasteiger partial charge in [0.15, 0.2) is 0 Å². The molecule has 0 atom stereocenters. The van der Waals surface area contributed by atoms with E-state index in [-0.39, 0.29) is 11.6 Å². The van der Waals surface area contributed by atoms with Gasteiger partial charge >= 0.3 is 0 Å². The number of nitrogens with zero attached hydrogens (tertiary/aromatic N) is 1. The Kier molecular flexibility index (Phi) is 4.31. The Morgan fingerprint density at radius 3 is 2.69 bits per heavy atom. The van der Waals surface area contributed by atoms with Crippen LogP contribution in [0.3, 0.4) is 0 Å². The van der Waals surface area contributed by atoms with Crippen molar-refractivity contribution >= 4 is 50.1 Å². The molecule has 0 aliphatic rings. The summed E-state index contributed by atoms with van der Waals surface area (Å²) in [6.07, 6.45) is -2.56. The van der Waals surface area contributed by atoms with Crippen LogP contribution < -0.4 is 0 Å². The number of halogens is 5. The molecule has 1 heterocycles. The molecule has 72 valence electrons. The quantitative estimate of drug-likeness (QED) is 0.554. The summed E-state index contributed by atoms with van der Waals surface area (Å²) >= 11 is 10.5. The van der Waals surface area contributed by atoms with Crippen molar-refractivity contribution in [2.75, 3.05) is 0 Å². The minimum absolute atomic E-state index is 0.134. The Morgan fingerprint density at radius 2 is 2.23 bits per heavy atom. The molecule has 0 unspecified atom stereocenters. The van der Waals surface area contributed by atoms with Gasteiger partial charge in [0, 0.05) is 4.47 Å². The smallest absolute Gasteiger partial charge is 0.249 e. The summed E-state index contributed by atoms with van der Waals surface area (Å²) in [5, 5.41) is 0. The van der Waals surface area contributed by atoms with E-state index in [1.807, 2.05) is 22.6 Å². The molecule has 1 rings (SSSR count). The van der Waals surface area contributed by atoms with Crippen molar-refractivity contribution in [2.45, 2.75) is 12.3 Å². The standard InChI is InChI=1S/C7H4BrClF2IN/c8-4-1-3(2-9)13-6(5(4)12)7(10)11/h1,7H,2H2. The predicted molar refractivity (Wildman–Crippen MR) is 59.2 cm³/mol. The first-order valence-electron chi connectivity index (χ1n) is 3.25. The van der Waals surface area contributed by atoms with Crippen LogP contribution in [0.25, 0.3) is 0 Å². The fraction of sp³-hybridized carbons (Fsp3) is 0.286. The summed E-state index contributed by atoms with van der Waals surface area (Å²) < 4.78 is 25.8. The molecule has 0 saturated carbocycles. The Bertz CT molecular complexity index is 322. The molecule has 0 saturated heterocycles. The molecule has 0 bridgehead atoms. The molecule has 0 aliphatic carbocycles. The van der Waals surface area contributed by atoms with Crippen molar-refractivity contribution in [3.8, 4) is 0 Å². The van der Waals surface area contributed by atoms with E-state index >= 15 is 0 Å². The number of aromatic nitrogens is 1. The number of alkyl halides is 3. The van der Waals surface area contributed by atoms with Crippen LogP contribution in [0.1, 0.15) is 17.8 Å². The molecule has 0 aromatic carbocycles. The SMILES string of the molecule is FC(F)c1nc(CCl)cc(Br)c1I. The van der Waals surface area contributed by atoms with Gasteiger partial charge < -0.3 is 0 Å². The van der Waals surface area contributed by atoms with Crippen LogP contribution in [-0.2, 0) is 5.88 Å². The number of hydrogen-bond donors (Lipinski definition) is 0. The van der Waals surface area contributed by atoms with E-state index in [0.717, 1.165) is 0 Å². The first-order valence-corrected chi connectivity index (χ1v) is 5.65. The van der Waals surface area contributed by atoms with Crippen LogP contribution in [0.2, 0.25) is 0 Å². The van der Waals surface area contributed by atoms with Gasteiger partial charge in [-0.15, -0.1) is 11.6 Å². The molecule has 0 fully saturated rings. The maximum absolute atomic E-state index is 12.4. The molecule has 0 amide bonds. The predicted octanol–water partition coefficient (Wildman–Crippen LogP) is 4.13. The lowest BCUT2D eigenvalue weighted by Gasteiger charge is -2.06. The van der Waals surface area contributed by atoms with Gasteiger partial charge in [-0.1, -0.05) is 0 Å². The minimum Gasteiger partial charge on any atom is -0.249 e. The topological polar surface area (TPSA) is 12.9 Å². The van der Waals surface area contributed by atoms with Gasteiger partial charge in [-0.25, -0.2) is 13.8 Å². The summed E-state index contributed by atoms with van der Waals surface area (Å²) in [6.45, 7) is 0. The van der Waals surface area contributed by atoms with Gasteiger partial charge in [0.1, 0.15) is 5.69 Å². The average molecular weight is 382 g/mol. The summed E-state index contributed by atoms with van der Waals surface area (Å²) in [6, 6.07) is 1.64. The van der Waals surface area contributed by atoms with Gasteiger partial charge in [0.25, 0.3) is 6.43 Å². The second-order valence-corrected chi connectivity index (χ2v) is 4.43. The Labute approximate surface area is 101 Å². The second-order valence-electron chi connectivity index (χ2n) is 2.23. The fourth-order valence-corrected chi connectivity index (χ4v) is 1.90. The molecule has 13 heavy (non-hydrogen) atoms. The largest absolute Gasteiger partial charge is 0.281 e. The lowest BCUT2D eigenvalue weighted by molar-refractivity contribution is 0.144. The first-order chi connectivity index (χ1) is 6.06. The van der Waals surface area contributed by atoms with E-state index in [9.17, 15) is 8.78 Å². The molecular formula is C7H4BrClF2IN. The monoisotopic (exact) mass is 381 g/mol. The highest BCUT2D eigenvalue weighted by molar-refractivity contribution is 14.1. The lowest BCUT2D eigenvalue weighted by Crippen LogP contribution is -1.99. The van der Waals surface area contributed by atoms with Gasteiger partial charge in [0.2, 0.25) is 0 Å². The van der Waals surface area contributed by atoms with Crippen LogP contribution in [0, 0.1) is 3.57 Å². The summed E-state index contributed by atoms with van der Waals surface area (Å²) in [4.78, 5) is 3.73. The van der Waals surface area contributed by atoms with Crippen LogP contribution >= 0.6 is 50.1 Å². The summed E-state index contributed by atoms with van der Waals surface area (Å²) in [7, 11) is 0. The zero-order valence-electron chi connectivity index (χ0n) is 6.20. The van der Waals surface area contributed by atoms with Crippen LogP contribution in [-0.4, -0.2) is 4.98 Å². The maximum Gasteiger partial charge on any atom is 0.281 e. The van der Waals surface area contributed by atoms with Crippen molar-refractivity contribution < 1.29 is 8.78 Å². The van der Waals surface area contributed by atoms with E-state index in [0.29, 0.717) is 13.7 Å². The van der Waals surface area contributed by atoms with Crippen molar-refractivity contribution in [3.05, 3.63) is 25.5 Å². The summed E-state index contributed by atoms with van der Waals surface area (Å²) in [5.41, 5.74) is 0.231. The molecule has 0 spiro atoms. The van der Waals surface area contributed by atoms with Crippen molar-refractivity contribution in [3.63, 3.8) is 0 Å². The van der Waals surface area contributed by atoms with E-state index in [2.05, 4.69) is 20.9 Å². The van der Waals surface area contributed by atoms with E-state index in [1.54, 1.807) is 6.07 Å². The zero-order valence-corrected chi connectivity index (χ0v) is 10.7. The molecule has 1 aromatic rings. The average Bonchev–Trinajstić information content (AvgIpc) is 2.09. The maximum atomic E-state index is 12.4. The molecule has 6 heteroatoms. The van der Waals surface area contributed by atoms with Crippen LogP contribution in [0.5, 0.6) is 0 Å². The third-order valence-electron chi connectivity index (χ3n) is 1.34. The van der Waals surface area contributed by atoms with Crippen molar-refractivity contribution in [1.29, 1.82) is 0 Å².